The minimum atomic E-state index is 0. The Morgan fingerprint density at radius 3 is 2.61 bits per heavy atom. The lowest BCUT2D eigenvalue weighted by molar-refractivity contribution is 0.203. The van der Waals surface area contributed by atoms with Crippen LogP contribution in [0.4, 0.5) is 0 Å². The van der Waals surface area contributed by atoms with E-state index >= 15 is 0 Å². The second-order valence-corrected chi connectivity index (χ2v) is 5.26. The molecule has 0 heterocycles. The number of halogens is 1. The predicted octanol–water partition coefficient (Wildman–Crippen LogP) is 2.33. The molecule has 1 aromatic rings. The molecule has 0 spiro atoms. The smallest absolute Gasteiger partial charge is 0.191 e. The highest BCUT2D eigenvalue weighted by molar-refractivity contribution is 14.0. The quantitative estimate of drug-likeness (QED) is 0.257. The monoisotopic (exact) mass is 434 g/mol. The summed E-state index contributed by atoms with van der Waals surface area (Å²) in [5, 5.41) is 6.49. The van der Waals surface area contributed by atoms with Gasteiger partial charge in [-0.05, 0) is 32.5 Å². The van der Waals surface area contributed by atoms with Crippen molar-refractivity contribution in [1.82, 2.24) is 15.5 Å². The summed E-state index contributed by atoms with van der Waals surface area (Å²) in [5.41, 5.74) is 1.35. The average Bonchev–Trinajstić information content (AvgIpc) is 2.52. The lowest BCUT2D eigenvalue weighted by atomic mass is 10.2. The largest absolute Gasteiger partial charge is 0.383 e. The maximum atomic E-state index is 5.03. The molecule has 2 N–H and O–H groups in total. The van der Waals surface area contributed by atoms with Gasteiger partial charge in [-0.1, -0.05) is 30.3 Å². The molecule has 5 nitrogen and oxygen atoms in total. The van der Waals surface area contributed by atoms with Gasteiger partial charge in [-0.3, -0.25) is 4.99 Å². The number of hydrogen-bond donors (Lipinski definition) is 2. The topological polar surface area (TPSA) is 48.9 Å². The van der Waals surface area contributed by atoms with Crippen LogP contribution in [0.3, 0.4) is 0 Å². The summed E-state index contributed by atoms with van der Waals surface area (Å²) in [7, 11) is 3.85. The zero-order valence-corrected chi connectivity index (χ0v) is 16.9. The Bertz CT molecular complexity index is 414. The minimum absolute atomic E-state index is 0. The van der Waals surface area contributed by atoms with Gasteiger partial charge in [0, 0.05) is 33.3 Å². The van der Waals surface area contributed by atoms with Crippen molar-refractivity contribution < 1.29 is 4.74 Å². The SMILES string of the molecule is CCNC(=NCCCN(C)Cc1ccccc1)NCCOC.I. The molecule has 132 valence electrons. The molecule has 1 rings (SSSR count). The van der Waals surface area contributed by atoms with E-state index in [1.54, 1.807) is 7.11 Å². The van der Waals surface area contributed by atoms with Crippen molar-refractivity contribution in [3.8, 4) is 0 Å². The van der Waals surface area contributed by atoms with Crippen molar-refractivity contribution in [1.29, 1.82) is 0 Å². The fourth-order valence-electron chi connectivity index (χ4n) is 2.12. The Morgan fingerprint density at radius 1 is 1.22 bits per heavy atom. The molecule has 0 aliphatic rings. The van der Waals surface area contributed by atoms with E-state index in [9.17, 15) is 0 Å². The molecule has 0 amide bonds. The third kappa shape index (κ3) is 11.3. The van der Waals surface area contributed by atoms with E-state index in [1.165, 1.54) is 5.56 Å². The van der Waals surface area contributed by atoms with E-state index in [2.05, 4.69) is 64.8 Å². The van der Waals surface area contributed by atoms with E-state index < -0.39 is 0 Å². The molecule has 23 heavy (non-hydrogen) atoms. The summed E-state index contributed by atoms with van der Waals surface area (Å²) in [6.07, 6.45) is 1.05. The molecule has 0 radical (unpaired) electrons. The van der Waals surface area contributed by atoms with Gasteiger partial charge in [0.1, 0.15) is 0 Å². The highest BCUT2D eigenvalue weighted by Crippen LogP contribution is 2.02. The van der Waals surface area contributed by atoms with Crippen LogP contribution in [0.25, 0.3) is 0 Å². The van der Waals surface area contributed by atoms with Gasteiger partial charge >= 0.3 is 0 Å². The number of methoxy groups -OCH3 is 1. The van der Waals surface area contributed by atoms with Crippen LogP contribution in [0.1, 0.15) is 18.9 Å². The molecule has 0 saturated carbocycles. The summed E-state index contributed by atoms with van der Waals surface area (Å²) in [6, 6.07) is 10.6. The zero-order valence-electron chi connectivity index (χ0n) is 14.5. The number of nitrogens with one attached hydrogen (secondary N) is 2. The first-order valence-electron chi connectivity index (χ1n) is 7.99. The molecule has 0 saturated heterocycles. The van der Waals surface area contributed by atoms with Crippen molar-refractivity contribution in [2.24, 2.45) is 4.99 Å². The summed E-state index contributed by atoms with van der Waals surface area (Å²) < 4.78 is 5.03. The Kier molecular flexibility index (Phi) is 14.2. The molecule has 0 atom stereocenters. The van der Waals surface area contributed by atoms with E-state index in [4.69, 9.17) is 4.74 Å². The fourth-order valence-corrected chi connectivity index (χ4v) is 2.12. The highest BCUT2D eigenvalue weighted by atomic mass is 127. The summed E-state index contributed by atoms with van der Waals surface area (Å²) >= 11 is 0. The molecule has 1 aromatic carbocycles. The number of benzene rings is 1. The molecule has 0 fully saturated rings. The predicted molar refractivity (Wildman–Crippen MR) is 109 cm³/mol. The summed E-state index contributed by atoms with van der Waals surface area (Å²) in [6.45, 7) is 7.24. The standard InChI is InChI=1S/C17H30N4O.HI/c1-4-18-17(20-12-14-22-3)19-11-8-13-21(2)15-16-9-6-5-7-10-16;/h5-7,9-10H,4,8,11-15H2,1-3H3,(H2,18,19,20);1H. The fraction of sp³-hybridized carbons (Fsp3) is 0.588. The highest BCUT2D eigenvalue weighted by Gasteiger charge is 2.00. The van der Waals surface area contributed by atoms with Crippen molar-refractivity contribution in [3.05, 3.63) is 35.9 Å². The first kappa shape index (κ1) is 22.1. The Balaban J connectivity index is 0.00000484. The van der Waals surface area contributed by atoms with Gasteiger partial charge in [-0.15, -0.1) is 24.0 Å². The number of rotatable bonds is 10. The first-order chi connectivity index (χ1) is 10.8. The lowest BCUT2D eigenvalue weighted by Gasteiger charge is -2.16. The van der Waals surface area contributed by atoms with Crippen LogP contribution in [0.2, 0.25) is 0 Å². The van der Waals surface area contributed by atoms with E-state index in [0.717, 1.165) is 45.1 Å². The van der Waals surface area contributed by atoms with Crippen molar-refractivity contribution in [2.75, 3.05) is 46.9 Å². The van der Waals surface area contributed by atoms with Crippen molar-refractivity contribution in [3.63, 3.8) is 0 Å². The number of aliphatic imine (C=N–C) groups is 1. The van der Waals surface area contributed by atoms with Gasteiger partial charge in [0.05, 0.1) is 6.61 Å². The van der Waals surface area contributed by atoms with Gasteiger partial charge in [-0.25, -0.2) is 0 Å². The van der Waals surface area contributed by atoms with Crippen molar-refractivity contribution >= 4 is 29.9 Å². The number of hydrogen-bond acceptors (Lipinski definition) is 3. The Hall–Kier alpha value is -0.860. The van der Waals surface area contributed by atoms with E-state index in [-0.39, 0.29) is 24.0 Å². The maximum Gasteiger partial charge on any atom is 0.191 e. The maximum absolute atomic E-state index is 5.03. The second kappa shape index (κ2) is 14.7. The normalized spacial score (nSPS) is 11.2. The molecular formula is C17H31IN4O. The van der Waals surface area contributed by atoms with Crippen LogP contribution in [0.5, 0.6) is 0 Å². The molecule has 0 aliphatic heterocycles. The first-order valence-corrected chi connectivity index (χ1v) is 7.99. The van der Waals surface area contributed by atoms with Gasteiger partial charge in [0.15, 0.2) is 5.96 Å². The average molecular weight is 434 g/mol. The molecule has 0 aliphatic carbocycles. The number of ether oxygens (including phenoxy) is 1. The Labute approximate surface area is 157 Å². The summed E-state index contributed by atoms with van der Waals surface area (Å²) in [5.74, 6) is 0.866. The van der Waals surface area contributed by atoms with Crippen LogP contribution in [0.15, 0.2) is 35.3 Å². The van der Waals surface area contributed by atoms with Gasteiger partial charge in [-0.2, -0.15) is 0 Å². The number of nitrogens with zero attached hydrogens (tertiary/aromatic N) is 2. The molecule has 6 heteroatoms. The molecule has 0 bridgehead atoms. The van der Waals surface area contributed by atoms with Crippen LogP contribution in [-0.4, -0.2) is 57.8 Å². The van der Waals surface area contributed by atoms with Crippen LogP contribution < -0.4 is 10.6 Å². The van der Waals surface area contributed by atoms with Crippen LogP contribution in [0, 0.1) is 0 Å². The van der Waals surface area contributed by atoms with Gasteiger partial charge < -0.3 is 20.3 Å². The summed E-state index contributed by atoms with van der Waals surface area (Å²) in [4.78, 5) is 6.91. The van der Waals surface area contributed by atoms with Crippen molar-refractivity contribution in [2.45, 2.75) is 19.9 Å². The van der Waals surface area contributed by atoms with Gasteiger partial charge in [0.2, 0.25) is 0 Å². The van der Waals surface area contributed by atoms with Crippen LogP contribution in [-0.2, 0) is 11.3 Å². The Morgan fingerprint density at radius 2 is 1.96 bits per heavy atom. The van der Waals surface area contributed by atoms with E-state index in [0.29, 0.717) is 6.61 Å². The minimum Gasteiger partial charge on any atom is -0.383 e. The third-order valence-electron chi connectivity index (χ3n) is 3.21. The second-order valence-electron chi connectivity index (χ2n) is 5.26. The van der Waals surface area contributed by atoms with Crippen LogP contribution >= 0.6 is 24.0 Å². The van der Waals surface area contributed by atoms with Gasteiger partial charge in [0.25, 0.3) is 0 Å². The third-order valence-corrected chi connectivity index (χ3v) is 3.21. The molecule has 0 aromatic heterocycles. The molecular weight excluding hydrogens is 403 g/mol. The molecule has 0 unspecified atom stereocenters. The zero-order chi connectivity index (χ0) is 16.0. The lowest BCUT2D eigenvalue weighted by Crippen LogP contribution is -2.39. The number of guanidine groups is 1. The van der Waals surface area contributed by atoms with E-state index in [1.807, 2.05) is 0 Å².